The van der Waals surface area contributed by atoms with Crippen LogP contribution in [0, 0.1) is 5.92 Å². The fraction of sp³-hybridized carbons (Fsp3) is 0.684. The zero-order chi connectivity index (χ0) is 18.3. The van der Waals surface area contributed by atoms with Crippen LogP contribution in [0.1, 0.15) is 45.6 Å². The maximum atomic E-state index is 12.3. The smallest absolute Gasteiger partial charge is 0.240 e. The van der Waals surface area contributed by atoms with Crippen LogP contribution in [-0.2, 0) is 24.9 Å². The number of sulfonamides is 1. The Morgan fingerprint density at radius 3 is 2.40 bits per heavy atom. The van der Waals surface area contributed by atoms with Gasteiger partial charge in [0.2, 0.25) is 10.0 Å². The lowest BCUT2D eigenvalue weighted by Gasteiger charge is -2.21. The SMILES string of the molecule is CC(C)(C)c1ccc(S(=O)(=O)NCCCOCC2CCOCC2)cc1. The van der Waals surface area contributed by atoms with Gasteiger partial charge in [0.15, 0.2) is 0 Å². The molecule has 1 N–H and O–H groups in total. The monoisotopic (exact) mass is 369 g/mol. The molecule has 1 aromatic carbocycles. The highest BCUT2D eigenvalue weighted by molar-refractivity contribution is 7.89. The Morgan fingerprint density at radius 1 is 1.16 bits per heavy atom. The molecule has 0 saturated carbocycles. The van der Waals surface area contributed by atoms with Gasteiger partial charge in [-0.1, -0.05) is 32.9 Å². The van der Waals surface area contributed by atoms with Crippen LogP contribution in [0.25, 0.3) is 0 Å². The van der Waals surface area contributed by atoms with Crippen molar-refractivity contribution in [2.24, 2.45) is 5.92 Å². The number of hydrogen-bond donors (Lipinski definition) is 1. The lowest BCUT2D eigenvalue weighted by atomic mass is 9.87. The average Bonchev–Trinajstić information content (AvgIpc) is 2.58. The Bertz CT molecular complexity index is 614. The predicted octanol–water partition coefficient (Wildman–Crippen LogP) is 3.10. The molecule has 25 heavy (non-hydrogen) atoms. The number of nitrogens with one attached hydrogen (secondary N) is 1. The molecule has 0 radical (unpaired) electrons. The Morgan fingerprint density at radius 2 is 1.80 bits per heavy atom. The first kappa shape index (κ1) is 20.4. The highest BCUT2D eigenvalue weighted by atomic mass is 32.2. The highest BCUT2D eigenvalue weighted by Gasteiger charge is 2.17. The number of ether oxygens (including phenoxy) is 2. The fourth-order valence-corrected chi connectivity index (χ4v) is 3.84. The molecule has 1 fully saturated rings. The van der Waals surface area contributed by atoms with E-state index in [-0.39, 0.29) is 5.41 Å². The summed E-state index contributed by atoms with van der Waals surface area (Å²) in [5.41, 5.74) is 1.13. The van der Waals surface area contributed by atoms with Gasteiger partial charge in [0.1, 0.15) is 0 Å². The first-order valence-electron chi connectivity index (χ1n) is 9.05. The molecule has 1 saturated heterocycles. The average molecular weight is 370 g/mol. The first-order valence-corrected chi connectivity index (χ1v) is 10.5. The highest BCUT2D eigenvalue weighted by Crippen LogP contribution is 2.23. The van der Waals surface area contributed by atoms with Crippen molar-refractivity contribution in [2.45, 2.75) is 50.3 Å². The zero-order valence-electron chi connectivity index (χ0n) is 15.6. The van der Waals surface area contributed by atoms with E-state index in [0.29, 0.717) is 30.4 Å². The Kier molecular flexibility index (Phi) is 7.43. The van der Waals surface area contributed by atoms with Crippen molar-refractivity contribution in [2.75, 3.05) is 33.0 Å². The van der Waals surface area contributed by atoms with Gasteiger partial charge in [0.05, 0.1) is 4.90 Å². The number of hydrogen-bond acceptors (Lipinski definition) is 4. The largest absolute Gasteiger partial charge is 0.381 e. The van der Waals surface area contributed by atoms with Gasteiger partial charge in [-0.2, -0.15) is 0 Å². The van der Waals surface area contributed by atoms with E-state index in [4.69, 9.17) is 9.47 Å². The first-order chi connectivity index (χ1) is 11.8. The van der Waals surface area contributed by atoms with Gasteiger partial charge in [-0.05, 0) is 48.3 Å². The minimum absolute atomic E-state index is 0.0114. The topological polar surface area (TPSA) is 64.6 Å². The molecule has 1 heterocycles. The second-order valence-electron chi connectivity index (χ2n) is 7.66. The molecule has 1 aliphatic rings. The van der Waals surface area contributed by atoms with E-state index in [1.807, 2.05) is 12.1 Å². The summed E-state index contributed by atoms with van der Waals surface area (Å²) in [6.45, 7) is 9.66. The molecule has 0 aromatic heterocycles. The Balaban J connectivity index is 1.70. The van der Waals surface area contributed by atoms with Crippen LogP contribution in [0.4, 0.5) is 0 Å². The molecule has 1 aliphatic heterocycles. The maximum absolute atomic E-state index is 12.3. The molecule has 0 spiro atoms. The summed E-state index contributed by atoms with van der Waals surface area (Å²) in [6.07, 6.45) is 2.77. The van der Waals surface area contributed by atoms with Crippen molar-refractivity contribution in [1.82, 2.24) is 4.72 Å². The van der Waals surface area contributed by atoms with Gasteiger partial charge in [-0.25, -0.2) is 13.1 Å². The molecule has 142 valence electrons. The summed E-state index contributed by atoms with van der Waals surface area (Å²) >= 11 is 0. The molecule has 1 aromatic rings. The Labute approximate surface area is 152 Å². The van der Waals surface area contributed by atoms with Crippen LogP contribution < -0.4 is 4.72 Å². The van der Waals surface area contributed by atoms with E-state index in [1.54, 1.807) is 12.1 Å². The van der Waals surface area contributed by atoms with Crippen molar-refractivity contribution >= 4 is 10.0 Å². The molecule has 2 rings (SSSR count). The number of rotatable bonds is 8. The van der Waals surface area contributed by atoms with E-state index >= 15 is 0 Å². The standard InChI is InChI=1S/C19H31NO4S/c1-19(2,3)17-5-7-18(8-6-17)25(21,22)20-11-4-12-24-15-16-9-13-23-14-10-16/h5-8,16,20H,4,9-15H2,1-3H3. The van der Waals surface area contributed by atoms with Crippen molar-refractivity contribution < 1.29 is 17.9 Å². The van der Waals surface area contributed by atoms with Gasteiger partial charge in [-0.15, -0.1) is 0 Å². The van der Waals surface area contributed by atoms with Gasteiger partial charge in [0.25, 0.3) is 0 Å². The second-order valence-corrected chi connectivity index (χ2v) is 9.42. The van der Waals surface area contributed by atoms with Crippen LogP contribution in [0.5, 0.6) is 0 Å². The molecular formula is C19H31NO4S. The molecule has 6 heteroatoms. The van der Waals surface area contributed by atoms with Crippen molar-refractivity contribution in [1.29, 1.82) is 0 Å². The van der Waals surface area contributed by atoms with Crippen molar-refractivity contribution in [3.63, 3.8) is 0 Å². The summed E-state index contributed by atoms with van der Waals surface area (Å²) < 4.78 is 38.2. The van der Waals surface area contributed by atoms with Crippen LogP contribution >= 0.6 is 0 Å². The lowest BCUT2D eigenvalue weighted by molar-refractivity contribution is 0.0204. The summed E-state index contributed by atoms with van der Waals surface area (Å²) in [5, 5.41) is 0. The van der Waals surface area contributed by atoms with E-state index in [0.717, 1.165) is 38.2 Å². The molecule has 0 atom stereocenters. The third kappa shape index (κ3) is 6.70. The summed E-state index contributed by atoms with van der Waals surface area (Å²) in [4.78, 5) is 0.309. The molecule has 5 nitrogen and oxygen atoms in total. The predicted molar refractivity (Wildman–Crippen MR) is 99.3 cm³/mol. The molecule has 0 bridgehead atoms. The van der Waals surface area contributed by atoms with Crippen LogP contribution in [0.2, 0.25) is 0 Å². The Hall–Kier alpha value is -0.950. The quantitative estimate of drug-likeness (QED) is 0.715. The van der Waals surface area contributed by atoms with E-state index in [2.05, 4.69) is 25.5 Å². The lowest BCUT2D eigenvalue weighted by Crippen LogP contribution is -2.26. The second kappa shape index (κ2) is 9.12. The van der Waals surface area contributed by atoms with Crippen LogP contribution in [0.15, 0.2) is 29.2 Å². The van der Waals surface area contributed by atoms with Crippen LogP contribution in [-0.4, -0.2) is 41.4 Å². The molecule has 0 amide bonds. The number of benzene rings is 1. The normalized spacial score (nSPS) is 16.9. The van der Waals surface area contributed by atoms with Crippen LogP contribution in [0.3, 0.4) is 0 Å². The third-order valence-corrected chi connectivity index (χ3v) is 5.96. The van der Waals surface area contributed by atoms with Gasteiger partial charge >= 0.3 is 0 Å². The zero-order valence-corrected chi connectivity index (χ0v) is 16.4. The van der Waals surface area contributed by atoms with Gasteiger partial charge < -0.3 is 9.47 Å². The van der Waals surface area contributed by atoms with E-state index in [1.165, 1.54) is 0 Å². The van der Waals surface area contributed by atoms with Gasteiger partial charge in [0, 0.05) is 33.0 Å². The summed E-state index contributed by atoms with van der Waals surface area (Å²) in [6, 6.07) is 7.10. The minimum atomic E-state index is -3.45. The van der Waals surface area contributed by atoms with E-state index < -0.39 is 10.0 Å². The minimum Gasteiger partial charge on any atom is -0.381 e. The maximum Gasteiger partial charge on any atom is 0.240 e. The van der Waals surface area contributed by atoms with Crippen molar-refractivity contribution in [3.05, 3.63) is 29.8 Å². The fourth-order valence-electron chi connectivity index (χ4n) is 2.76. The third-order valence-electron chi connectivity index (χ3n) is 4.48. The van der Waals surface area contributed by atoms with E-state index in [9.17, 15) is 8.42 Å². The molecule has 0 aliphatic carbocycles. The summed E-state index contributed by atoms with van der Waals surface area (Å²) in [5.74, 6) is 0.576. The van der Waals surface area contributed by atoms with Gasteiger partial charge in [-0.3, -0.25) is 0 Å². The summed E-state index contributed by atoms with van der Waals surface area (Å²) in [7, 11) is -3.45. The van der Waals surface area contributed by atoms with Crippen molar-refractivity contribution in [3.8, 4) is 0 Å². The molecular weight excluding hydrogens is 338 g/mol. The molecule has 0 unspecified atom stereocenters.